The first-order chi connectivity index (χ1) is 12.2. The van der Waals surface area contributed by atoms with Gasteiger partial charge in [-0.1, -0.05) is 29.7 Å². The normalized spacial score (nSPS) is 15.6. The Morgan fingerprint density at radius 3 is 2.48 bits per heavy atom. The number of phenols is 1. The molecule has 4 nitrogen and oxygen atoms in total. The van der Waals surface area contributed by atoms with Crippen molar-refractivity contribution in [3.8, 4) is 5.75 Å². The Morgan fingerprint density at radius 2 is 1.72 bits per heavy atom. The topological polar surface area (TPSA) is 39.6 Å². The van der Waals surface area contributed by atoms with Crippen molar-refractivity contribution in [1.82, 2.24) is 9.88 Å². The van der Waals surface area contributed by atoms with Gasteiger partial charge in [0.15, 0.2) is 0 Å². The van der Waals surface area contributed by atoms with Gasteiger partial charge in [0.05, 0.1) is 0 Å². The second-order valence-corrected chi connectivity index (χ2v) is 6.50. The Bertz CT molecular complexity index is 874. The van der Waals surface area contributed by atoms with Crippen LogP contribution < -0.4 is 10.4 Å². The molecule has 2 aromatic carbocycles. The highest BCUT2D eigenvalue weighted by molar-refractivity contribution is 6.32. The van der Waals surface area contributed by atoms with Crippen LogP contribution in [-0.4, -0.2) is 49.0 Å². The summed E-state index contributed by atoms with van der Waals surface area (Å²) in [7, 11) is 5.77. The summed E-state index contributed by atoms with van der Waals surface area (Å²) in [5.41, 5.74) is 3.92. The summed E-state index contributed by atoms with van der Waals surface area (Å²) in [6.45, 7) is 4.88. The van der Waals surface area contributed by atoms with Crippen LogP contribution in [0.1, 0.15) is 5.56 Å². The Morgan fingerprint density at radius 1 is 0.960 bits per heavy atom. The van der Waals surface area contributed by atoms with Crippen molar-refractivity contribution in [3.63, 3.8) is 0 Å². The van der Waals surface area contributed by atoms with E-state index in [1.807, 2.05) is 30.3 Å². The van der Waals surface area contributed by atoms with Crippen LogP contribution in [0, 0.1) is 0 Å². The van der Waals surface area contributed by atoms with E-state index >= 15 is 0 Å². The minimum absolute atomic E-state index is 0.243. The molecule has 2 heterocycles. The van der Waals surface area contributed by atoms with E-state index in [1.165, 1.54) is 11.3 Å². The molecular formula is C20H20BN3O. The van der Waals surface area contributed by atoms with Crippen molar-refractivity contribution in [3.05, 3.63) is 60.3 Å². The van der Waals surface area contributed by atoms with E-state index in [0.717, 1.165) is 43.6 Å². The van der Waals surface area contributed by atoms with Gasteiger partial charge in [-0.2, -0.15) is 0 Å². The highest BCUT2D eigenvalue weighted by Crippen LogP contribution is 2.26. The van der Waals surface area contributed by atoms with Crippen molar-refractivity contribution in [1.29, 1.82) is 0 Å². The molecule has 0 saturated carbocycles. The lowest BCUT2D eigenvalue weighted by atomic mass is 9.96. The lowest BCUT2D eigenvalue weighted by Gasteiger charge is -2.36. The number of aromatic nitrogens is 1. The van der Waals surface area contributed by atoms with E-state index in [-0.39, 0.29) is 5.75 Å². The van der Waals surface area contributed by atoms with Crippen molar-refractivity contribution >= 4 is 29.9 Å². The molecule has 1 aromatic heterocycles. The summed E-state index contributed by atoms with van der Waals surface area (Å²) in [5, 5.41) is 11.0. The van der Waals surface area contributed by atoms with Gasteiger partial charge in [-0.3, -0.25) is 9.88 Å². The van der Waals surface area contributed by atoms with Crippen LogP contribution >= 0.6 is 0 Å². The Kier molecular flexibility index (Phi) is 4.32. The predicted octanol–water partition coefficient (Wildman–Crippen LogP) is 2.06. The molecule has 1 aliphatic heterocycles. The maximum Gasteiger partial charge on any atom is 0.141 e. The maximum atomic E-state index is 9.99. The number of pyridine rings is 1. The fraction of sp³-hybridized carbons (Fsp3) is 0.250. The van der Waals surface area contributed by atoms with Crippen LogP contribution in [0.25, 0.3) is 10.9 Å². The summed E-state index contributed by atoms with van der Waals surface area (Å²) in [6, 6.07) is 15.8. The molecule has 1 aliphatic rings. The lowest BCUT2D eigenvalue weighted by molar-refractivity contribution is 0.250. The van der Waals surface area contributed by atoms with Crippen LogP contribution in [0.4, 0.5) is 5.69 Å². The van der Waals surface area contributed by atoms with Gasteiger partial charge in [0.1, 0.15) is 19.1 Å². The minimum atomic E-state index is 0.243. The quantitative estimate of drug-likeness (QED) is 0.747. The molecule has 2 radical (unpaired) electrons. The van der Waals surface area contributed by atoms with Crippen LogP contribution in [-0.2, 0) is 6.54 Å². The number of benzene rings is 2. The first-order valence-electron chi connectivity index (χ1n) is 8.59. The zero-order valence-corrected chi connectivity index (χ0v) is 14.1. The van der Waals surface area contributed by atoms with Gasteiger partial charge >= 0.3 is 0 Å². The molecule has 25 heavy (non-hydrogen) atoms. The molecule has 5 heteroatoms. The van der Waals surface area contributed by atoms with Gasteiger partial charge in [-0.25, -0.2) is 0 Å². The van der Waals surface area contributed by atoms with E-state index in [4.69, 9.17) is 7.85 Å². The van der Waals surface area contributed by atoms with Crippen LogP contribution in [0.2, 0.25) is 0 Å². The first-order valence-corrected chi connectivity index (χ1v) is 8.59. The molecule has 1 N–H and O–H groups in total. The van der Waals surface area contributed by atoms with Crippen LogP contribution in [0.15, 0.2) is 54.7 Å². The average molecular weight is 329 g/mol. The highest BCUT2D eigenvalue weighted by Gasteiger charge is 2.18. The number of anilines is 1. The number of aromatic hydroxyl groups is 1. The SMILES string of the molecule is [B]c1ccc(N2CCN(Cc3ccc(O)c4ncccc34)CC2)cc1. The Balaban J connectivity index is 1.45. The van der Waals surface area contributed by atoms with Gasteiger partial charge in [0, 0.05) is 50.0 Å². The van der Waals surface area contributed by atoms with E-state index in [0.29, 0.717) is 5.52 Å². The van der Waals surface area contributed by atoms with Gasteiger partial charge in [-0.05, 0) is 29.8 Å². The highest BCUT2D eigenvalue weighted by atomic mass is 16.3. The molecule has 0 aliphatic carbocycles. The molecular weight excluding hydrogens is 309 g/mol. The monoisotopic (exact) mass is 329 g/mol. The summed E-state index contributed by atoms with van der Waals surface area (Å²) < 4.78 is 0. The molecule has 4 rings (SSSR count). The molecule has 1 fully saturated rings. The van der Waals surface area contributed by atoms with E-state index < -0.39 is 0 Å². The van der Waals surface area contributed by atoms with E-state index in [1.54, 1.807) is 12.3 Å². The second kappa shape index (κ2) is 6.77. The first kappa shape index (κ1) is 16.0. The van der Waals surface area contributed by atoms with Gasteiger partial charge in [0.2, 0.25) is 0 Å². The molecule has 0 atom stereocenters. The van der Waals surface area contributed by atoms with Crippen molar-refractivity contribution in [2.24, 2.45) is 0 Å². The Hall–Kier alpha value is -2.53. The van der Waals surface area contributed by atoms with Crippen LogP contribution in [0.3, 0.4) is 0 Å². The fourth-order valence-electron chi connectivity index (χ4n) is 3.44. The molecule has 0 bridgehead atoms. The zero-order valence-electron chi connectivity index (χ0n) is 14.1. The van der Waals surface area contributed by atoms with Crippen molar-refractivity contribution in [2.75, 3.05) is 31.1 Å². The second-order valence-electron chi connectivity index (χ2n) is 6.50. The van der Waals surface area contributed by atoms with Crippen molar-refractivity contribution < 1.29 is 5.11 Å². The number of piperazine rings is 1. The number of phenolic OH excluding ortho intramolecular Hbond substituents is 1. The predicted molar refractivity (Wildman–Crippen MR) is 103 cm³/mol. The minimum Gasteiger partial charge on any atom is -0.506 e. The average Bonchev–Trinajstić information content (AvgIpc) is 2.66. The third-order valence-electron chi connectivity index (χ3n) is 4.86. The fourth-order valence-corrected chi connectivity index (χ4v) is 3.44. The maximum absolute atomic E-state index is 9.99. The number of fused-ring (bicyclic) bond motifs is 1. The smallest absolute Gasteiger partial charge is 0.141 e. The summed E-state index contributed by atoms with van der Waals surface area (Å²) in [6.07, 6.45) is 1.72. The molecule has 124 valence electrons. The molecule has 0 unspecified atom stereocenters. The Labute approximate surface area is 149 Å². The molecule has 0 spiro atoms. The number of rotatable bonds is 3. The van der Waals surface area contributed by atoms with Gasteiger partial charge < -0.3 is 10.0 Å². The third-order valence-corrected chi connectivity index (χ3v) is 4.86. The third kappa shape index (κ3) is 3.33. The van der Waals surface area contributed by atoms with Gasteiger partial charge in [0.25, 0.3) is 0 Å². The van der Waals surface area contributed by atoms with Crippen molar-refractivity contribution in [2.45, 2.75) is 6.54 Å². The number of nitrogens with zero attached hydrogens (tertiary/aromatic N) is 3. The zero-order chi connectivity index (χ0) is 17.2. The summed E-state index contributed by atoms with van der Waals surface area (Å²) in [4.78, 5) is 9.15. The largest absolute Gasteiger partial charge is 0.506 e. The molecule has 1 saturated heterocycles. The van der Waals surface area contributed by atoms with E-state index in [9.17, 15) is 5.11 Å². The summed E-state index contributed by atoms with van der Waals surface area (Å²) in [5.74, 6) is 0.243. The molecule has 0 amide bonds. The number of hydrogen-bond donors (Lipinski definition) is 1. The number of hydrogen-bond acceptors (Lipinski definition) is 4. The van der Waals surface area contributed by atoms with Crippen LogP contribution in [0.5, 0.6) is 5.75 Å². The van der Waals surface area contributed by atoms with E-state index in [2.05, 4.69) is 26.9 Å². The van der Waals surface area contributed by atoms with Gasteiger partial charge in [-0.15, -0.1) is 0 Å². The summed E-state index contributed by atoms with van der Waals surface area (Å²) >= 11 is 0. The standard InChI is InChI=1S/C20H20BN3O/c21-16-4-6-17(7-5-16)24-12-10-23(11-13-24)14-15-3-8-19(25)20-18(15)2-1-9-22-20/h1-9,25H,10-14H2. The lowest BCUT2D eigenvalue weighted by Crippen LogP contribution is -2.46. The molecule has 3 aromatic rings.